The molecule has 0 bridgehead atoms. The largest absolute Gasteiger partial charge is 0.550 e. The number of hydrogen-bond donors (Lipinski definition) is 0. The standard InChI is InChI=1S/C18H32N.C2H4O2/c1-3-5-7-8-9-10-11-15-19-16-13-18(14-17-19)12-6-4-2;1-2(3)4/h13-14,16-17H,3-12,15H2,1-2H3;1H3,(H,3,4)/q+1;/p-1. The first-order valence-corrected chi connectivity index (χ1v) is 9.25. The van der Waals surface area contributed by atoms with Crippen molar-refractivity contribution in [2.75, 3.05) is 0 Å². The Bertz CT molecular complexity index is 383. The third-order valence-electron chi connectivity index (χ3n) is 3.80. The van der Waals surface area contributed by atoms with E-state index in [1.807, 2.05) is 0 Å². The average molecular weight is 322 g/mol. The SMILES string of the molecule is CC(=O)[O-].CCCCCCCCC[n+]1ccc(CCCC)cc1. The van der Waals surface area contributed by atoms with Crippen LogP contribution in [0.4, 0.5) is 0 Å². The van der Waals surface area contributed by atoms with Gasteiger partial charge in [-0.2, -0.15) is 0 Å². The molecule has 0 aliphatic heterocycles. The van der Waals surface area contributed by atoms with Gasteiger partial charge in [-0.1, -0.05) is 52.4 Å². The fourth-order valence-corrected chi connectivity index (χ4v) is 2.44. The van der Waals surface area contributed by atoms with Gasteiger partial charge in [-0.05, 0) is 31.7 Å². The molecule has 132 valence electrons. The fourth-order valence-electron chi connectivity index (χ4n) is 2.44. The molecule has 0 atom stereocenters. The van der Waals surface area contributed by atoms with Crippen LogP contribution < -0.4 is 9.67 Å². The van der Waals surface area contributed by atoms with Crippen LogP contribution >= 0.6 is 0 Å². The van der Waals surface area contributed by atoms with Gasteiger partial charge in [0.1, 0.15) is 6.54 Å². The third kappa shape index (κ3) is 15.3. The van der Waals surface area contributed by atoms with E-state index in [2.05, 4.69) is 42.9 Å². The number of aliphatic carboxylic acids is 1. The first kappa shape index (κ1) is 21.6. The fraction of sp³-hybridized carbons (Fsp3) is 0.700. The predicted molar refractivity (Wildman–Crippen MR) is 93.9 cm³/mol. The molecule has 1 heterocycles. The first-order chi connectivity index (χ1) is 11.1. The van der Waals surface area contributed by atoms with E-state index in [4.69, 9.17) is 9.90 Å². The average Bonchev–Trinajstić information content (AvgIpc) is 2.52. The van der Waals surface area contributed by atoms with E-state index in [0.717, 1.165) is 6.92 Å². The van der Waals surface area contributed by atoms with E-state index in [1.165, 1.54) is 76.3 Å². The molecule has 0 aliphatic rings. The molecule has 1 aromatic heterocycles. The van der Waals surface area contributed by atoms with Crippen LogP contribution in [-0.4, -0.2) is 5.97 Å². The third-order valence-corrected chi connectivity index (χ3v) is 3.80. The Morgan fingerprint density at radius 3 is 1.91 bits per heavy atom. The number of hydrogen-bond acceptors (Lipinski definition) is 2. The molecule has 0 aliphatic carbocycles. The van der Waals surface area contributed by atoms with Crippen molar-refractivity contribution in [3.05, 3.63) is 30.1 Å². The van der Waals surface area contributed by atoms with E-state index in [0.29, 0.717) is 0 Å². The maximum Gasteiger partial charge on any atom is 0.169 e. The van der Waals surface area contributed by atoms with Crippen molar-refractivity contribution in [3.63, 3.8) is 0 Å². The van der Waals surface area contributed by atoms with E-state index in [9.17, 15) is 0 Å². The van der Waals surface area contributed by atoms with Crippen LogP contribution in [0.3, 0.4) is 0 Å². The summed E-state index contributed by atoms with van der Waals surface area (Å²) in [7, 11) is 0. The second-order valence-electron chi connectivity index (χ2n) is 6.16. The number of carboxylic acid groups (broad SMARTS) is 1. The molecular weight excluding hydrogens is 286 g/mol. The summed E-state index contributed by atoms with van der Waals surface area (Å²) in [6.45, 7) is 6.69. The van der Waals surface area contributed by atoms with Crippen molar-refractivity contribution in [2.24, 2.45) is 0 Å². The van der Waals surface area contributed by atoms with E-state index in [-0.39, 0.29) is 0 Å². The highest BCUT2D eigenvalue weighted by Gasteiger charge is 2.00. The Morgan fingerprint density at radius 2 is 1.39 bits per heavy atom. The Hall–Kier alpha value is -1.38. The van der Waals surface area contributed by atoms with Crippen LogP contribution in [0.1, 0.15) is 84.1 Å². The molecule has 23 heavy (non-hydrogen) atoms. The number of carboxylic acids is 1. The normalized spacial score (nSPS) is 10.0. The van der Waals surface area contributed by atoms with Gasteiger partial charge < -0.3 is 9.90 Å². The maximum absolute atomic E-state index is 8.89. The highest BCUT2D eigenvalue weighted by atomic mass is 16.4. The minimum absolute atomic E-state index is 0.972. The Labute approximate surface area is 142 Å². The zero-order chi connectivity index (χ0) is 17.3. The number of pyridine rings is 1. The summed E-state index contributed by atoms with van der Waals surface area (Å²) in [5.41, 5.74) is 1.48. The first-order valence-electron chi connectivity index (χ1n) is 9.25. The molecule has 0 saturated heterocycles. The van der Waals surface area contributed by atoms with Gasteiger partial charge in [0, 0.05) is 24.5 Å². The Morgan fingerprint density at radius 1 is 0.913 bits per heavy atom. The minimum atomic E-state index is -1.08. The molecule has 0 spiro atoms. The lowest BCUT2D eigenvalue weighted by atomic mass is 10.1. The van der Waals surface area contributed by atoms with Crippen LogP contribution in [0.5, 0.6) is 0 Å². The zero-order valence-electron chi connectivity index (χ0n) is 15.4. The molecule has 3 nitrogen and oxygen atoms in total. The molecule has 1 aromatic rings. The van der Waals surface area contributed by atoms with Gasteiger partial charge in [-0.15, -0.1) is 0 Å². The molecule has 0 unspecified atom stereocenters. The Kier molecular flexibility index (Phi) is 14.6. The van der Waals surface area contributed by atoms with Gasteiger partial charge >= 0.3 is 0 Å². The monoisotopic (exact) mass is 321 g/mol. The van der Waals surface area contributed by atoms with Crippen LogP contribution in [0.15, 0.2) is 24.5 Å². The molecule has 0 amide bonds. The van der Waals surface area contributed by atoms with E-state index < -0.39 is 5.97 Å². The lowest BCUT2D eigenvalue weighted by Gasteiger charge is -2.01. The molecule has 1 rings (SSSR count). The van der Waals surface area contributed by atoms with Crippen molar-refractivity contribution < 1.29 is 14.5 Å². The number of nitrogens with zero attached hydrogens (tertiary/aromatic N) is 1. The van der Waals surface area contributed by atoms with Crippen molar-refractivity contribution >= 4 is 5.97 Å². The molecule has 0 N–H and O–H groups in total. The van der Waals surface area contributed by atoms with Crippen LogP contribution in [0.25, 0.3) is 0 Å². The number of carbonyl (C=O) groups excluding carboxylic acids is 1. The molecule has 3 heteroatoms. The number of rotatable bonds is 11. The van der Waals surface area contributed by atoms with Crippen molar-refractivity contribution in [3.8, 4) is 0 Å². The van der Waals surface area contributed by atoms with Gasteiger partial charge in [0.25, 0.3) is 0 Å². The summed E-state index contributed by atoms with van der Waals surface area (Å²) in [5, 5.41) is 8.89. The predicted octanol–water partition coefficient (Wildman–Crippen LogP) is 3.82. The van der Waals surface area contributed by atoms with Crippen molar-refractivity contribution in [1.29, 1.82) is 0 Å². The van der Waals surface area contributed by atoms with Gasteiger partial charge in [-0.3, -0.25) is 0 Å². The smallest absolute Gasteiger partial charge is 0.169 e. The van der Waals surface area contributed by atoms with Gasteiger partial charge in [-0.25, -0.2) is 4.57 Å². The van der Waals surface area contributed by atoms with Gasteiger partial charge in [0.05, 0.1) is 0 Å². The molecule has 0 fully saturated rings. The topological polar surface area (TPSA) is 44.0 Å². The summed E-state index contributed by atoms with van der Waals surface area (Å²) in [6.07, 6.45) is 18.1. The lowest BCUT2D eigenvalue weighted by molar-refractivity contribution is -0.697. The highest BCUT2D eigenvalue weighted by Crippen LogP contribution is 2.07. The molecular formula is C20H35NO2. The van der Waals surface area contributed by atoms with Crippen LogP contribution in [-0.2, 0) is 17.8 Å². The maximum atomic E-state index is 8.89. The summed E-state index contributed by atoms with van der Waals surface area (Å²) < 4.78 is 2.33. The van der Waals surface area contributed by atoms with Gasteiger partial charge in [0.2, 0.25) is 0 Å². The number of aromatic nitrogens is 1. The molecule has 0 aromatic carbocycles. The van der Waals surface area contributed by atoms with Crippen LogP contribution in [0, 0.1) is 0 Å². The highest BCUT2D eigenvalue weighted by molar-refractivity contribution is 5.60. The summed E-state index contributed by atoms with van der Waals surface area (Å²) in [5.74, 6) is -1.08. The lowest BCUT2D eigenvalue weighted by Crippen LogP contribution is -2.32. The number of carbonyl (C=O) groups is 1. The van der Waals surface area contributed by atoms with E-state index >= 15 is 0 Å². The minimum Gasteiger partial charge on any atom is -0.550 e. The number of aryl methyl sites for hydroxylation is 2. The molecule has 0 saturated carbocycles. The second kappa shape index (κ2) is 15.5. The van der Waals surface area contributed by atoms with Crippen LogP contribution in [0.2, 0.25) is 0 Å². The quantitative estimate of drug-likeness (QED) is 0.459. The number of unbranched alkanes of at least 4 members (excludes halogenated alkanes) is 7. The summed E-state index contributed by atoms with van der Waals surface area (Å²) in [6, 6.07) is 4.58. The summed E-state index contributed by atoms with van der Waals surface area (Å²) in [4.78, 5) is 8.89. The zero-order valence-corrected chi connectivity index (χ0v) is 15.4. The molecule has 0 radical (unpaired) electrons. The van der Waals surface area contributed by atoms with Gasteiger partial charge in [0.15, 0.2) is 12.4 Å². The Balaban J connectivity index is 0.00000108. The summed E-state index contributed by atoms with van der Waals surface area (Å²) >= 11 is 0. The van der Waals surface area contributed by atoms with Crippen molar-refractivity contribution in [2.45, 2.75) is 91.5 Å². The second-order valence-corrected chi connectivity index (χ2v) is 6.16. The van der Waals surface area contributed by atoms with E-state index in [1.54, 1.807) is 0 Å². The van der Waals surface area contributed by atoms with Crippen molar-refractivity contribution in [1.82, 2.24) is 0 Å².